The highest BCUT2D eigenvalue weighted by Crippen LogP contribution is 2.31. The summed E-state index contributed by atoms with van der Waals surface area (Å²) in [7, 11) is 0. The first kappa shape index (κ1) is 17.4. The Hall–Kier alpha value is -2.41. The molecule has 1 saturated carbocycles. The van der Waals surface area contributed by atoms with Gasteiger partial charge in [0.1, 0.15) is 0 Å². The van der Waals surface area contributed by atoms with E-state index in [4.69, 9.17) is 5.73 Å². The zero-order valence-electron chi connectivity index (χ0n) is 14.4. The highest BCUT2D eigenvalue weighted by molar-refractivity contribution is 6.11. The number of nitrogens with two attached hydrogens (primary N) is 1. The summed E-state index contributed by atoms with van der Waals surface area (Å²) in [4.78, 5) is 37.0. The molecule has 134 valence electrons. The fraction of sp³-hybridized carbons (Fsp3) is 0.500. The van der Waals surface area contributed by atoms with Crippen molar-refractivity contribution in [3.8, 4) is 0 Å². The zero-order chi connectivity index (χ0) is 18.0. The van der Waals surface area contributed by atoms with Crippen LogP contribution in [0.1, 0.15) is 54.9 Å². The first-order chi connectivity index (χ1) is 12.0. The zero-order valence-corrected chi connectivity index (χ0v) is 14.4. The van der Waals surface area contributed by atoms with E-state index in [0.717, 1.165) is 36.3 Å². The Morgan fingerprint density at radius 3 is 2.64 bits per heavy atom. The number of benzene rings is 1. The van der Waals surface area contributed by atoms with Crippen LogP contribution in [0.25, 0.3) is 0 Å². The predicted molar refractivity (Wildman–Crippen MR) is 93.8 cm³/mol. The number of nitrogens with zero attached hydrogens (tertiary/aromatic N) is 1. The minimum absolute atomic E-state index is 0.152. The van der Waals surface area contributed by atoms with Gasteiger partial charge in [0.15, 0.2) is 0 Å². The molecular formula is C18H24N4O3. The van der Waals surface area contributed by atoms with Crippen molar-refractivity contribution in [2.75, 3.05) is 5.01 Å². The van der Waals surface area contributed by atoms with E-state index < -0.39 is 11.9 Å². The number of carbonyl (C=O) groups excluding carboxylic acids is 3. The standard InChI is InChI=1S/C18H24N4O3/c1-11(19)17(24)21-22-15(23)10-12-6-5-9-14(16(12)22)18(25)20-13-7-3-2-4-8-13/h5-6,9,11,13H,2-4,7-8,10,19H2,1H3,(H,20,25)(H,21,24). The van der Waals surface area contributed by atoms with Crippen LogP contribution in [-0.2, 0) is 16.0 Å². The molecule has 1 aromatic carbocycles. The number of rotatable bonds is 4. The smallest absolute Gasteiger partial charge is 0.255 e. The third-order valence-electron chi connectivity index (χ3n) is 4.75. The second-order valence-corrected chi connectivity index (χ2v) is 6.79. The Bertz CT molecular complexity index is 696. The second-order valence-electron chi connectivity index (χ2n) is 6.79. The number of carbonyl (C=O) groups is 3. The van der Waals surface area contributed by atoms with Crippen LogP contribution in [0.5, 0.6) is 0 Å². The summed E-state index contributed by atoms with van der Waals surface area (Å²) in [6.45, 7) is 1.54. The lowest BCUT2D eigenvalue weighted by Gasteiger charge is -2.25. The van der Waals surface area contributed by atoms with E-state index in [9.17, 15) is 14.4 Å². The van der Waals surface area contributed by atoms with E-state index in [-0.39, 0.29) is 24.3 Å². The average Bonchev–Trinajstić information content (AvgIpc) is 2.91. The second kappa shape index (κ2) is 7.23. The fourth-order valence-corrected chi connectivity index (χ4v) is 3.39. The largest absolute Gasteiger partial charge is 0.349 e. The number of hydrogen-bond donors (Lipinski definition) is 3. The number of fused-ring (bicyclic) bond motifs is 1. The van der Waals surface area contributed by atoms with Gasteiger partial charge in [-0.25, -0.2) is 5.01 Å². The number of amides is 3. The lowest BCUT2D eigenvalue weighted by atomic mass is 9.95. The van der Waals surface area contributed by atoms with Gasteiger partial charge in [0.2, 0.25) is 5.91 Å². The molecule has 25 heavy (non-hydrogen) atoms. The summed E-state index contributed by atoms with van der Waals surface area (Å²) in [5, 5.41) is 4.23. The number of hydrazine groups is 1. The maximum absolute atomic E-state index is 12.8. The molecule has 2 aliphatic rings. The molecule has 0 aromatic heterocycles. The normalized spacial score (nSPS) is 18.6. The van der Waals surface area contributed by atoms with Crippen molar-refractivity contribution in [3.05, 3.63) is 29.3 Å². The Labute approximate surface area is 146 Å². The average molecular weight is 344 g/mol. The van der Waals surface area contributed by atoms with Gasteiger partial charge in [0.05, 0.1) is 23.7 Å². The van der Waals surface area contributed by atoms with Crippen molar-refractivity contribution in [2.24, 2.45) is 5.73 Å². The van der Waals surface area contributed by atoms with Crippen LogP contribution in [0.15, 0.2) is 18.2 Å². The number of hydrogen-bond acceptors (Lipinski definition) is 4. The third kappa shape index (κ3) is 3.66. The molecule has 1 aliphatic heterocycles. The van der Waals surface area contributed by atoms with E-state index in [2.05, 4.69) is 10.7 Å². The van der Waals surface area contributed by atoms with Gasteiger partial charge in [-0.3, -0.25) is 19.8 Å². The molecule has 7 heteroatoms. The van der Waals surface area contributed by atoms with Gasteiger partial charge in [-0.1, -0.05) is 31.4 Å². The molecule has 0 bridgehead atoms. The van der Waals surface area contributed by atoms with Crippen LogP contribution < -0.4 is 21.5 Å². The molecule has 1 heterocycles. The Kier molecular flexibility index (Phi) is 5.03. The molecule has 0 radical (unpaired) electrons. The number of anilines is 1. The van der Waals surface area contributed by atoms with Gasteiger partial charge < -0.3 is 11.1 Å². The highest BCUT2D eigenvalue weighted by Gasteiger charge is 2.33. The monoisotopic (exact) mass is 344 g/mol. The van der Waals surface area contributed by atoms with E-state index >= 15 is 0 Å². The summed E-state index contributed by atoms with van der Waals surface area (Å²) in [6.07, 6.45) is 5.55. The maximum Gasteiger partial charge on any atom is 0.255 e. The van der Waals surface area contributed by atoms with Crippen molar-refractivity contribution >= 4 is 23.4 Å². The lowest BCUT2D eigenvalue weighted by Crippen LogP contribution is -2.50. The molecular weight excluding hydrogens is 320 g/mol. The van der Waals surface area contributed by atoms with Crippen molar-refractivity contribution in [3.63, 3.8) is 0 Å². The van der Waals surface area contributed by atoms with Crippen molar-refractivity contribution in [1.82, 2.24) is 10.7 Å². The van der Waals surface area contributed by atoms with Gasteiger partial charge >= 0.3 is 0 Å². The van der Waals surface area contributed by atoms with Crippen LogP contribution >= 0.6 is 0 Å². The minimum Gasteiger partial charge on any atom is -0.349 e. The van der Waals surface area contributed by atoms with Crippen molar-refractivity contribution < 1.29 is 14.4 Å². The molecule has 1 fully saturated rings. The van der Waals surface area contributed by atoms with Gasteiger partial charge in [0.25, 0.3) is 11.8 Å². The van der Waals surface area contributed by atoms with Crippen molar-refractivity contribution in [1.29, 1.82) is 0 Å². The van der Waals surface area contributed by atoms with Gasteiger partial charge in [-0.15, -0.1) is 0 Å². The molecule has 1 aromatic rings. The fourth-order valence-electron chi connectivity index (χ4n) is 3.39. The van der Waals surface area contributed by atoms with Crippen LogP contribution in [0.2, 0.25) is 0 Å². The first-order valence-electron chi connectivity index (χ1n) is 8.79. The molecule has 1 atom stereocenters. The van der Waals surface area contributed by atoms with Crippen molar-refractivity contribution in [2.45, 2.75) is 57.5 Å². The van der Waals surface area contributed by atoms with Crippen LogP contribution in [-0.4, -0.2) is 29.8 Å². The minimum atomic E-state index is -0.750. The lowest BCUT2D eigenvalue weighted by molar-refractivity contribution is -0.126. The van der Waals surface area contributed by atoms with Crippen LogP contribution in [0.4, 0.5) is 5.69 Å². The Morgan fingerprint density at radius 1 is 1.24 bits per heavy atom. The molecule has 1 aliphatic carbocycles. The molecule has 0 saturated heterocycles. The third-order valence-corrected chi connectivity index (χ3v) is 4.75. The summed E-state index contributed by atoms with van der Waals surface area (Å²) in [5.74, 6) is -0.955. The van der Waals surface area contributed by atoms with Crippen LogP contribution in [0.3, 0.4) is 0 Å². The van der Waals surface area contributed by atoms with E-state index in [0.29, 0.717) is 11.3 Å². The Balaban J connectivity index is 1.84. The summed E-state index contributed by atoms with van der Waals surface area (Å²) >= 11 is 0. The Morgan fingerprint density at radius 2 is 1.96 bits per heavy atom. The molecule has 3 rings (SSSR count). The van der Waals surface area contributed by atoms with Gasteiger partial charge in [0, 0.05) is 6.04 Å². The SMILES string of the molecule is CC(N)C(=O)NN1C(=O)Cc2cccc(C(=O)NC3CCCCC3)c21. The molecule has 3 amide bonds. The summed E-state index contributed by atoms with van der Waals surface area (Å²) in [6, 6.07) is 4.66. The van der Waals surface area contributed by atoms with Gasteiger partial charge in [-0.05, 0) is 31.4 Å². The predicted octanol–water partition coefficient (Wildman–Crippen LogP) is 1.02. The van der Waals surface area contributed by atoms with Crippen LogP contribution in [0, 0.1) is 0 Å². The topological polar surface area (TPSA) is 105 Å². The molecule has 7 nitrogen and oxygen atoms in total. The molecule has 4 N–H and O–H groups in total. The van der Waals surface area contributed by atoms with E-state index in [1.54, 1.807) is 25.1 Å². The quantitative estimate of drug-likeness (QED) is 0.758. The highest BCUT2D eigenvalue weighted by atomic mass is 16.2. The molecule has 1 unspecified atom stereocenters. The maximum atomic E-state index is 12.8. The molecule has 0 spiro atoms. The van der Waals surface area contributed by atoms with Gasteiger partial charge in [-0.2, -0.15) is 0 Å². The summed E-state index contributed by atoms with van der Waals surface area (Å²) in [5.41, 5.74) is 9.68. The van der Waals surface area contributed by atoms with E-state index in [1.165, 1.54) is 6.42 Å². The van der Waals surface area contributed by atoms with E-state index in [1.807, 2.05) is 0 Å². The number of nitrogens with one attached hydrogen (secondary N) is 2. The first-order valence-corrected chi connectivity index (χ1v) is 8.79. The summed E-state index contributed by atoms with van der Waals surface area (Å²) < 4.78 is 0. The number of para-hydroxylation sites is 1.